The molecule has 0 aliphatic carbocycles. The molecule has 3 N–H and O–H groups in total. The second-order valence-electron chi connectivity index (χ2n) is 4.59. The van der Waals surface area contributed by atoms with Crippen molar-refractivity contribution in [2.45, 2.75) is 32.8 Å². The quantitative estimate of drug-likeness (QED) is 0.447. The minimum atomic E-state index is -0.276. The maximum absolute atomic E-state index is 11.4. The topological polar surface area (TPSA) is 74.8 Å². The summed E-state index contributed by atoms with van der Waals surface area (Å²) in [6, 6.07) is 0. The molecular formula is C12H26N4O2. The molecule has 106 valence electrons. The number of carbonyl (C=O) groups excluding carboxylic acids is 1. The Morgan fingerprint density at radius 3 is 2.44 bits per heavy atom. The molecule has 0 aromatic rings. The molecule has 0 saturated carbocycles. The normalized spacial score (nSPS) is 12.2. The first kappa shape index (κ1) is 16.7. The summed E-state index contributed by atoms with van der Waals surface area (Å²) in [5.41, 5.74) is -0.276. The van der Waals surface area contributed by atoms with E-state index >= 15 is 0 Å². The molecule has 6 heteroatoms. The van der Waals surface area contributed by atoms with Crippen LogP contribution in [0.2, 0.25) is 0 Å². The van der Waals surface area contributed by atoms with Gasteiger partial charge in [0.1, 0.15) is 0 Å². The Labute approximate surface area is 110 Å². The average molecular weight is 258 g/mol. The number of ether oxygens (including phenoxy) is 1. The molecule has 0 aromatic heterocycles. The highest BCUT2D eigenvalue weighted by molar-refractivity contribution is 5.86. The summed E-state index contributed by atoms with van der Waals surface area (Å²) >= 11 is 0. The third-order valence-electron chi connectivity index (χ3n) is 2.45. The van der Waals surface area contributed by atoms with Crippen molar-refractivity contribution in [2.24, 2.45) is 4.99 Å². The van der Waals surface area contributed by atoms with Crippen molar-refractivity contribution in [2.75, 3.05) is 33.8 Å². The minimum Gasteiger partial charge on any atom is -0.377 e. The lowest BCUT2D eigenvalue weighted by atomic mass is 10.1. The fraction of sp³-hybridized carbons (Fsp3) is 0.833. The van der Waals surface area contributed by atoms with Gasteiger partial charge in [0.15, 0.2) is 5.96 Å². The second kappa shape index (κ2) is 8.74. The van der Waals surface area contributed by atoms with Crippen molar-refractivity contribution in [3.8, 4) is 0 Å². The van der Waals surface area contributed by atoms with Gasteiger partial charge in [0.05, 0.1) is 12.1 Å². The van der Waals surface area contributed by atoms with E-state index in [9.17, 15) is 4.79 Å². The first-order valence-electron chi connectivity index (χ1n) is 6.21. The number of rotatable bonds is 7. The molecule has 0 saturated heterocycles. The highest BCUT2D eigenvalue weighted by Crippen LogP contribution is 2.04. The van der Waals surface area contributed by atoms with Crippen LogP contribution < -0.4 is 16.0 Å². The molecule has 0 rings (SSSR count). The number of nitrogens with zero attached hydrogens (tertiary/aromatic N) is 1. The van der Waals surface area contributed by atoms with Gasteiger partial charge in [0.25, 0.3) is 0 Å². The van der Waals surface area contributed by atoms with Gasteiger partial charge in [-0.05, 0) is 20.3 Å². The third-order valence-corrected chi connectivity index (χ3v) is 2.45. The van der Waals surface area contributed by atoms with Crippen LogP contribution in [0.1, 0.15) is 27.2 Å². The van der Waals surface area contributed by atoms with E-state index in [1.165, 1.54) is 0 Å². The smallest absolute Gasteiger partial charge is 0.239 e. The molecule has 0 aromatic carbocycles. The van der Waals surface area contributed by atoms with E-state index in [4.69, 9.17) is 4.74 Å². The summed E-state index contributed by atoms with van der Waals surface area (Å²) in [7, 11) is 3.33. The van der Waals surface area contributed by atoms with E-state index in [1.54, 1.807) is 14.2 Å². The monoisotopic (exact) mass is 258 g/mol. The van der Waals surface area contributed by atoms with Gasteiger partial charge >= 0.3 is 0 Å². The Balaban J connectivity index is 3.95. The Morgan fingerprint density at radius 1 is 1.28 bits per heavy atom. The van der Waals surface area contributed by atoms with E-state index in [2.05, 4.69) is 20.9 Å². The minimum absolute atomic E-state index is 0.0363. The Kier molecular flexibility index (Phi) is 8.11. The van der Waals surface area contributed by atoms with Crippen LogP contribution in [0.15, 0.2) is 4.99 Å². The molecule has 0 unspecified atom stereocenters. The van der Waals surface area contributed by atoms with E-state index < -0.39 is 0 Å². The highest BCUT2D eigenvalue weighted by Gasteiger charge is 2.16. The van der Waals surface area contributed by atoms with Crippen LogP contribution in [-0.2, 0) is 9.53 Å². The molecule has 18 heavy (non-hydrogen) atoms. The van der Waals surface area contributed by atoms with Crippen molar-refractivity contribution in [3.05, 3.63) is 0 Å². The van der Waals surface area contributed by atoms with Crippen LogP contribution in [0.4, 0.5) is 0 Å². The average Bonchev–Trinajstić information content (AvgIpc) is 2.36. The third kappa shape index (κ3) is 7.89. The van der Waals surface area contributed by atoms with Crippen LogP contribution >= 0.6 is 0 Å². The number of amides is 1. The van der Waals surface area contributed by atoms with E-state index in [1.807, 2.05) is 20.8 Å². The maximum Gasteiger partial charge on any atom is 0.239 e. The van der Waals surface area contributed by atoms with Gasteiger partial charge in [-0.15, -0.1) is 0 Å². The zero-order chi connectivity index (χ0) is 14.0. The fourth-order valence-corrected chi connectivity index (χ4v) is 1.08. The van der Waals surface area contributed by atoms with Crippen LogP contribution in [0.3, 0.4) is 0 Å². The zero-order valence-corrected chi connectivity index (χ0v) is 12.1. The number of nitrogens with one attached hydrogen (secondary N) is 3. The lowest BCUT2D eigenvalue weighted by Gasteiger charge is -2.24. The molecule has 0 bridgehead atoms. The second-order valence-corrected chi connectivity index (χ2v) is 4.59. The molecule has 0 spiro atoms. The molecule has 0 fully saturated rings. The van der Waals surface area contributed by atoms with Gasteiger partial charge in [-0.1, -0.05) is 6.92 Å². The summed E-state index contributed by atoms with van der Waals surface area (Å²) in [5.74, 6) is 0.553. The lowest BCUT2D eigenvalue weighted by Crippen LogP contribution is -2.47. The highest BCUT2D eigenvalue weighted by atomic mass is 16.5. The molecule has 1 amide bonds. The van der Waals surface area contributed by atoms with Gasteiger partial charge in [0.2, 0.25) is 5.91 Å². The van der Waals surface area contributed by atoms with Crippen LogP contribution in [0.5, 0.6) is 0 Å². The van der Waals surface area contributed by atoms with Crippen molar-refractivity contribution < 1.29 is 9.53 Å². The van der Waals surface area contributed by atoms with Crippen molar-refractivity contribution in [1.29, 1.82) is 0 Å². The molecule has 0 aliphatic rings. The van der Waals surface area contributed by atoms with E-state index in [-0.39, 0.29) is 18.1 Å². The van der Waals surface area contributed by atoms with Crippen molar-refractivity contribution >= 4 is 11.9 Å². The van der Waals surface area contributed by atoms with Crippen LogP contribution in [0, 0.1) is 0 Å². The number of guanidine groups is 1. The van der Waals surface area contributed by atoms with Gasteiger partial charge < -0.3 is 20.7 Å². The first-order valence-corrected chi connectivity index (χ1v) is 6.21. The predicted molar refractivity (Wildman–Crippen MR) is 73.8 cm³/mol. The van der Waals surface area contributed by atoms with Gasteiger partial charge in [-0.3, -0.25) is 9.79 Å². The summed E-state index contributed by atoms with van der Waals surface area (Å²) < 4.78 is 5.29. The number of methoxy groups -OCH3 is 1. The fourth-order valence-electron chi connectivity index (χ4n) is 1.08. The van der Waals surface area contributed by atoms with Crippen molar-refractivity contribution in [1.82, 2.24) is 16.0 Å². The summed E-state index contributed by atoms with van der Waals surface area (Å²) in [4.78, 5) is 15.4. The first-order chi connectivity index (χ1) is 8.45. The predicted octanol–water partition coefficient (Wildman–Crippen LogP) is 0.103. The molecule has 6 nitrogen and oxygen atoms in total. The number of hydrogen-bond acceptors (Lipinski definition) is 3. The summed E-state index contributed by atoms with van der Waals surface area (Å²) in [6.45, 7) is 7.49. The Morgan fingerprint density at radius 2 is 1.94 bits per heavy atom. The maximum atomic E-state index is 11.4. The van der Waals surface area contributed by atoms with Crippen LogP contribution in [-0.4, -0.2) is 51.3 Å². The summed E-state index contributed by atoms with van der Waals surface area (Å²) in [5, 5.41) is 8.84. The lowest BCUT2D eigenvalue weighted by molar-refractivity contribution is -0.120. The standard InChI is InChI=1S/C12H26N4O2/c1-6-7-14-10(17)8-15-11(13-4)16-9-12(2,3)18-5/h6-9H2,1-5H3,(H,14,17)(H2,13,15,16). The Hall–Kier alpha value is -1.30. The summed E-state index contributed by atoms with van der Waals surface area (Å²) in [6.07, 6.45) is 0.931. The van der Waals surface area contributed by atoms with Crippen molar-refractivity contribution in [3.63, 3.8) is 0 Å². The van der Waals surface area contributed by atoms with E-state index in [0.29, 0.717) is 19.0 Å². The zero-order valence-electron chi connectivity index (χ0n) is 12.1. The largest absolute Gasteiger partial charge is 0.377 e. The number of carbonyl (C=O) groups is 1. The molecule has 0 radical (unpaired) electrons. The Bertz CT molecular complexity index is 277. The molecule has 0 atom stereocenters. The van der Waals surface area contributed by atoms with Gasteiger partial charge in [-0.2, -0.15) is 0 Å². The molecule has 0 heterocycles. The molecule has 0 aliphatic heterocycles. The molecular weight excluding hydrogens is 232 g/mol. The van der Waals surface area contributed by atoms with Gasteiger partial charge in [0, 0.05) is 27.2 Å². The number of hydrogen-bond donors (Lipinski definition) is 3. The number of aliphatic imine (C=N–C) groups is 1. The van der Waals surface area contributed by atoms with Crippen LogP contribution in [0.25, 0.3) is 0 Å². The SMILES string of the molecule is CCCNC(=O)CNC(=NC)NCC(C)(C)OC. The van der Waals surface area contributed by atoms with E-state index in [0.717, 1.165) is 6.42 Å². The van der Waals surface area contributed by atoms with Gasteiger partial charge in [-0.25, -0.2) is 0 Å².